The molecule has 0 spiro atoms. The van der Waals surface area contributed by atoms with Crippen LogP contribution in [0.5, 0.6) is 0 Å². The van der Waals surface area contributed by atoms with Crippen molar-refractivity contribution < 1.29 is 4.79 Å². The Kier molecular flexibility index (Phi) is 8.29. The molecule has 3 unspecified atom stereocenters. The molecule has 0 aliphatic heterocycles. The number of nitrogens with one attached hydrogen (secondary N) is 1. The van der Waals surface area contributed by atoms with E-state index in [4.69, 9.17) is 28.3 Å². The minimum atomic E-state index is -0.276. The number of halogens is 2. The van der Waals surface area contributed by atoms with Gasteiger partial charge in [0.15, 0.2) is 0 Å². The van der Waals surface area contributed by atoms with Crippen LogP contribution in [-0.2, 0) is 11.2 Å². The van der Waals surface area contributed by atoms with Gasteiger partial charge in [-0.25, -0.2) is 9.48 Å². The van der Waals surface area contributed by atoms with Crippen molar-refractivity contribution in [3.05, 3.63) is 100 Å². The van der Waals surface area contributed by atoms with Crippen LogP contribution in [0.2, 0.25) is 10.0 Å². The molecule has 5 rings (SSSR count). The summed E-state index contributed by atoms with van der Waals surface area (Å²) in [6.07, 6.45) is 7.73. The molecule has 8 heteroatoms. The van der Waals surface area contributed by atoms with Gasteiger partial charge in [-0.15, -0.1) is 0 Å². The summed E-state index contributed by atoms with van der Waals surface area (Å²) in [6, 6.07) is 21.8. The highest BCUT2D eigenvalue weighted by Crippen LogP contribution is 2.58. The lowest BCUT2D eigenvalue weighted by atomic mass is 9.53. The largest absolute Gasteiger partial charge is 0.295 e. The van der Waals surface area contributed by atoms with Crippen LogP contribution >= 0.6 is 23.2 Å². The average Bonchev–Trinajstić information content (AvgIpc) is 3.37. The minimum absolute atomic E-state index is 0.0464. The smallest absolute Gasteiger partial charge is 0.236 e. The van der Waals surface area contributed by atoms with Gasteiger partial charge in [-0.1, -0.05) is 67.4 Å². The summed E-state index contributed by atoms with van der Waals surface area (Å²) in [4.78, 5) is 19.3. The van der Waals surface area contributed by atoms with Crippen molar-refractivity contribution in [1.82, 2.24) is 20.1 Å². The van der Waals surface area contributed by atoms with Crippen LogP contribution < -0.4 is 5.32 Å². The minimum Gasteiger partial charge on any atom is -0.295 e. The van der Waals surface area contributed by atoms with Gasteiger partial charge in [-0.3, -0.25) is 10.3 Å². The van der Waals surface area contributed by atoms with Crippen LogP contribution in [0.25, 0.3) is 16.9 Å². The van der Waals surface area contributed by atoms with Crippen molar-refractivity contribution in [2.24, 2.45) is 16.3 Å². The molecule has 1 fully saturated rings. The highest BCUT2D eigenvalue weighted by atomic mass is 35.5. The van der Waals surface area contributed by atoms with E-state index in [9.17, 15) is 4.79 Å². The molecule has 0 saturated heterocycles. The number of hydrogen-bond acceptors (Lipinski definition) is 5. The summed E-state index contributed by atoms with van der Waals surface area (Å²) in [5, 5.41) is 9.44. The summed E-state index contributed by atoms with van der Waals surface area (Å²) in [6.45, 7) is 5.43. The first kappa shape index (κ1) is 27.3. The van der Waals surface area contributed by atoms with E-state index in [-0.39, 0.29) is 11.6 Å². The highest BCUT2D eigenvalue weighted by molar-refractivity contribution is 6.42. The number of nitrogens with zero attached hydrogens (tertiary/aromatic N) is 4. The second-order valence-electron chi connectivity index (χ2n) is 10.7. The fraction of sp³-hybridized carbons (Fsp3) is 0.323. The van der Waals surface area contributed by atoms with Crippen molar-refractivity contribution in [3.8, 4) is 16.9 Å². The van der Waals surface area contributed by atoms with Crippen LogP contribution in [0.3, 0.4) is 0 Å². The predicted molar refractivity (Wildman–Crippen MR) is 156 cm³/mol. The molecular formula is C31H31Cl2N5O. The number of aromatic nitrogens is 3. The standard InChI is InChI=1S/C31H31Cl2N5O/c1-31(2)23(12-14-35-30(36-20-39)15-21-7-4-3-5-8-21)16-25(31)29-18-28(22-9-6-13-34-19-22)37-38(29)24-10-11-26(32)27(33)17-24/h3-11,13,17-19,23,25,30,35H,12,14-16H2,1-2H3. The quantitative estimate of drug-likeness (QED) is 0.164. The molecule has 6 nitrogen and oxygen atoms in total. The summed E-state index contributed by atoms with van der Waals surface area (Å²) in [7, 11) is 0. The molecule has 39 heavy (non-hydrogen) atoms. The summed E-state index contributed by atoms with van der Waals surface area (Å²) >= 11 is 12.6. The van der Waals surface area contributed by atoms with Crippen molar-refractivity contribution >= 4 is 29.3 Å². The van der Waals surface area contributed by atoms with Crippen LogP contribution in [0.4, 0.5) is 0 Å². The third kappa shape index (κ3) is 6.00. The van der Waals surface area contributed by atoms with E-state index in [1.54, 1.807) is 12.3 Å². The molecule has 1 aliphatic carbocycles. The van der Waals surface area contributed by atoms with Crippen LogP contribution in [-0.4, -0.2) is 33.6 Å². The number of rotatable bonds is 10. The number of isocyanates is 1. The van der Waals surface area contributed by atoms with Crippen molar-refractivity contribution in [2.45, 2.75) is 45.2 Å². The molecule has 200 valence electrons. The zero-order chi connectivity index (χ0) is 27.4. The molecule has 0 radical (unpaired) electrons. The highest BCUT2D eigenvalue weighted by Gasteiger charge is 2.49. The third-order valence-corrected chi connectivity index (χ3v) is 8.76. The Labute approximate surface area is 239 Å². The summed E-state index contributed by atoms with van der Waals surface area (Å²) in [5.41, 5.74) is 5.05. The van der Waals surface area contributed by atoms with Gasteiger partial charge < -0.3 is 0 Å². The zero-order valence-electron chi connectivity index (χ0n) is 22.0. The van der Waals surface area contributed by atoms with E-state index >= 15 is 0 Å². The molecule has 2 aromatic carbocycles. The number of pyridine rings is 1. The van der Waals surface area contributed by atoms with Crippen molar-refractivity contribution in [3.63, 3.8) is 0 Å². The predicted octanol–water partition coefficient (Wildman–Crippen LogP) is 7.26. The molecule has 2 heterocycles. The first-order chi connectivity index (χ1) is 18.9. The average molecular weight is 561 g/mol. The van der Waals surface area contributed by atoms with E-state index in [1.165, 1.54) is 0 Å². The van der Waals surface area contributed by atoms with Gasteiger partial charge in [0.2, 0.25) is 6.08 Å². The Balaban J connectivity index is 1.32. The monoisotopic (exact) mass is 559 g/mol. The fourth-order valence-electron chi connectivity index (χ4n) is 5.62. The van der Waals surface area contributed by atoms with E-state index in [0.29, 0.717) is 28.3 Å². The lowest BCUT2D eigenvalue weighted by Crippen LogP contribution is -2.45. The number of benzene rings is 2. The van der Waals surface area contributed by atoms with Crippen LogP contribution in [0, 0.1) is 11.3 Å². The maximum atomic E-state index is 11.0. The molecule has 1 saturated carbocycles. The van der Waals surface area contributed by atoms with E-state index in [2.05, 4.69) is 35.2 Å². The van der Waals surface area contributed by atoms with Gasteiger partial charge >= 0.3 is 0 Å². The first-order valence-corrected chi connectivity index (χ1v) is 13.9. The van der Waals surface area contributed by atoms with Gasteiger partial charge in [0.05, 0.1) is 21.4 Å². The number of aliphatic imine (C=N–C) groups is 1. The van der Waals surface area contributed by atoms with Gasteiger partial charge in [-0.2, -0.15) is 10.1 Å². The van der Waals surface area contributed by atoms with Crippen LogP contribution in [0.15, 0.2) is 84.1 Å². The Morgan fingerprint density at radius 3 is 2.62 bits per heavy atom. The lowest BCUT2D eigenvalue weighted by molar-refractivity contribution is 0.0230. The van der Waals surface area contributed by atoms with E-state index in [1.807, 2.05) is 71.5 Å². The molecule has 0 amide bonds. The van der Waals surface area contributed by atoms with Crippen LogP contribution in [0.1, 0.15) is 43.9 Å². The second kappa shape index (κ2) is 11.8. The lowest BCUT2D eigenvalue weighted by Gasteiger charge is -2.52. The van der Waals surface area contributed by atoms with Gasteiger partial charge in [0.25, 0.3) is 0 Å². The number of carbonyl (C=O) groups excluding carboxylic acids is 1. The first-order valence-electron chi connectivity index (χ1n) is 13.2. The van der Waals surface area contributed by atoms with E-state index in [0.717, 1.165) is 47.6 Å². The SMILES string of the molecule is CC1(C)C(CCNC(Cc2ccccc2)N=C=O)CC1c1cc(-c2cccnc2)nn1-c1ccc(Cl)c(Cl)c1. The molecule has 1 N–H and O–H groups in total. The molecule has 0 bridgehead atoms. The van der Waals surface area contributed by atoms with Gasteiger partial charge in [0.1, 0.15) is 6.17 Å². The van der Waals surface area contributed by atoms with Crippen molar-refractivity contribution in [1.29, 1.82) is 0 Å². The summed E-state index contributed by atoms with van der Waals surface area (Å²) in [5.74, 6) is 0.814. The zero-order valence-corrected chi connectivity index (χ0v) is 23.5. The maximum Gasteiger partial charge on any atom is 0.236 e. The molecule has 3 atom stereocenters. The summed E-state index contributed by atoms with van der Waals surface area (Å²) < 4.78 is 2.00. The third-order valence-electron chi connectivity index (χ3n) is 8.02. The topological polar surface area (TPSA) is 72.2 Å². The Hall–Kier alpha value is -3.28. The Morgan fingerprint density at radius 1 is 1.10 bits per heavy atom. The molecular weight excluding hydrogens is 529 g/mol. The Morgan fingerprint density at radius 2 is 1.92 bits per heavy atom. The molecule has 2 aromatic heterocycles. The maximum absolute atomic E-state index is 11.0. The van der Waals surface area contributed by atoms with Gasteiger partial charge in [-0.05, 0) is 72.7 Å². The Bertz CT molecular complexity index is 1470. The second-order valence-corrected chi connectivity index (χ2v) is 11.5. The number of hydrogen-bond donors (Lipinski definition) is 1. The molecule has 1 aliphatic rings. The van der Waals surface area contributed by atoms with E-state index < -0.39 is 0 Å². The van der Waals surface area contributed by atoms with Gasteiger partial charge in [0, 0.05) is 36.0 Å². The van der Waals surface area contributed by atoms with Crippen molar-refractivity contribution in [2.75, 3.05) is 6.54 Å². The molecule has 4 aromatic rings. The fourth-order valence-corrected chi connectivity index (χ4v) is 5.91. The normalized spacial score (nSPS) is 18.7.